The van der Waals surface area contributed by atoms with Gasteiger partial charge in [-0.3, -0.25) is 0 Å². The molecule has 100 valence electrons. The van der Waals surface area contributed by atoms with Gasteiger partial charge in [0.1, 0.15) is 11.6 Å². The van der Waals surface area contributed by atoms with E-state index in [1.165, 1.54) is 12.1 Å². The van der Waals surface area contributed by atoms with Gasteiger partial charge in [0.25, 0.3) is 0 Å². The van der Waals surface area contributed by atoms with E-state index in [0.29, 0.717) is 17.0 Å². The Morgan fingerprint density at radius 3 is 2.26 bits per heavy atom. The molecule has 0 aliphatic heterocycles. The molecule has 0 bridgehead atoms. The van der Waals surface area contributed by atoms with Crippen molar-refractivity contribution in [3.05, 3.63) is 70.2 Å². The van der Waals surface area contributed by atoms with Crippen LogP contribution in [0.15, 0.2) is 42.5 Å². The molecule has 19 heavy (non-hydrogen) atoms. The maximum Gasteiger partial charge on any atom is 0.126 e. The summed E-state index contributed by atoms with van der Waals surface area (Å²) in [5.41, 5.74) is 1.24. The molecule has 0 aromatic heterocycles. The van der Waals surface area contributed by atoms with Crippen molar-refractivity contribution >= 4 is 11.6 Å². The van der Waals surface area contributed by atoms with Crippen molar-refractivity contribution in [3.8, 4) is 0 Å². The number of hydrogen-bond acceptors (Lipinski definition) is 1. The molecular formula is C15H13ClF2O. The quantitative estimate of drug-likeness (QED) is 0.905. The summed E-state index contributed by atoms with van der Waals surface area (Å²) in [4.78, 5) is 0. The van der Waals surface area contributed by atoms with E-state index in [-0.39, 0.29) is 6.42 Å². The molecule has 0 aliphatic rings. The zero-order chi connectivity index (χ0) is 13.8. The van der Waals surface area contributed by atoms with E-state index in [1.54, 1.807) is 12.1 Å². The Kier molecular flexibility index (Phi) is 4.51. The Hall–Kier alpha value is -1.45. The van der Waals surface area contributed by atoms with E-state index in [1.807, 2.05) is 12.1 Å². The standard InChI is InChI=1S/C15H13ClF2O/c16-15-4-2-1-3-11(15)8-14(19)7-10-5-12(17)9-13(18)6-10/h1-6,9,14,19H,7-8H2. The minimum Gasteiger partial charge on any atom is -0.392 e. The highest BCUT2D eigenvalue weighted by Gasteiger charge is 2.10. The first-order valence-electron chi connectivity index (χ1n) is 5.91. The normalized spacial score (nSPS) is 12.4. The Bertz CT molecular complexity index is 552. The lowest BCUT2D eigenvalue weighted by Crippen LogP contribution is -2.14. The van der Waals surface area contributed by atoms with Crippen molar-refractivity contribution in [1.29, 1.82) is 0 Å². The van der Waals surface area contributed by atoms with Crippen molar-refractivity contribution in [2.24, 2.45) is 0 Å². The summed E-state index contributed by atoms with van der Waals surface area (Å²) >= 11 is 5.99. The Labute approximate surface area is 115 Å². The molecular weight excluding hydrogens is 270 g/mol. The Morgan fingerprint density at radius 2 is 1.63 bits per heavy atom. The van der Waals surface area contributed by atoms with Crippen LogP contribution in [-0.4, -0.2) is 11.2 Å². The van der Waals surface area contributed by atoms with Crippen LogP contribution in [0.3, 0.4) is 0 Å². The predicted octanol–water partition coefficient (Wildman–Crippen LogP) is 3.76. The molecule has 1 nitrogen and oxygen atoms in total. The average molecular weight is 283 g/mol. The summed E-state index contributed by atoms with van der Waals surface area (Å²) in [6, 6.07) is 10.4. The molecule has 2 aromatic rings. The molecule has 2 aromatic carbocycles. The third kappa shape index (κ3) is 4.01. The summed E-state index contributed by atoms with van der Waals surface area (Å²) in [5.74, 6) is -1.28. The van der Waals surface area contributed by atoms with Crippen LogP contribution in [0.25, 0.3) is 0 Å². The fourth-order valence-electron chi connectivity index (χ4n) is 1.99. The van der Waals surface area contributed by atoms with Gasteiger partial charge in [-0.1, -0.05) is 29.8 Å². The molecule has 1 atom stereocenters. The van der Waals surface area contributed by atoms with Gasteiger partial charge < -0.3 is 5.11 Å². The van der Waals surface area contributed by atoms with Gasteiger partial charge in [-0.05, 0) is 35.7 Å². The lowest BCUT2D eigenvalue weighted by Gasteiger charge is -2.12. The van der Waals surface area contributed by atoms with Gasteiger partial charge >= 0.3 is 0 Å². The first-order valence-corrected chi connectivity index (χ1v) is 6.29. The summed E-state index contributed by atoms with van der Waals surface area (Å²) in [7, 11) is 0. The first kappa shape index (κ1) is 14.0. The Morgan fingerprint density at radius 1 is 1.00 bits per heavy atom. The third-order valence-electron chi connectivity index (χ3n) is 2.81. The molecule has 0 radical (unpaired) electrons. The van der Waals surface area contributed by atoms with Crippen LogP contribution >= 0.6 is 11.6 Å². The molecule has 1 N–H and O–H groups in total. The van der Waals surface area contributed by atoms with E-state index in [2.05, 4.69) is 0 Å². The second kappa shape index (κ2) is 6.13. The minimum absolute atomic E-state index is 0.180. The number of aliphatic hydroxyl groups is 1. The minimum atomic E-state index is -0.735. The van der Waals surface area contributed by atoms with Crippen LogP contribution in [0.1, 0.15) is 11.1 Å². The monoisotopic (exact) mass is 282 g/mol. The van der Waals surface area contributed by atoms with E-state index in [9.17, 15) is 13.9 Å². The number of benzene rings is 2. The van der Waals surface area contributed by atoms with E-state index < -0.39 is 17.7 Å². The van der Waals surface area contributed by atoms with Crippen LogP contribution in [-0.2, 0) is 12.8 Å². The largest absolute Gasteiger partial charge is 0.392 e. The number of hydrogen-bond donors (Lipinski definition) is 1. The van der Waals surface area contributed by atoms with Gasteiger partial charge in [0, 0.05) is 17.5 Å². The summed E-state index contributed by atoms with van der Waals surface area (Å²) in [5, 5.41) is 10.5. The molecule has 0 aliphatic carbocycles. The average Bonchev–Trinajstić information content (AvgIpc) is 2.30. The SMILES string of the molecule is OC(Cc1cc(F)cc(F)c1)Cc1ccccc1Cl. The van der Waals surface area contributed by atoms with Crippen LogP contribution in [0.4, 0.5) is 8.78 Å². The molecule has 0 heterocycles. The van der Waals surface area contributed by atoms with E-state index >= 15 is 0 Å². The van der Waals surface area contributed by atoms with Crippen molar-refractivity contribution in [2.45, 2.75) is 18.9 Å². The first-order chi connectivity index (χ1) is 9.04. The predicted molar refractivity (Wildman–Crippen MR) is 71.2 cm³/mol. The van der Waals surface area contributed by atoms with Gasteiger partial charge in [0.05, 0.1) is 6.10 Å². The van der Waals surface area contributed by atoms with Crippen molar-refractivity contribution in [3.63, 3.8) is 0 Å². The van der Waals surface area contributed by atoms with E-state index in [0.717, 1.165) is 11.6 Å². The number of aliphatic hydroxyl groups excluding tert-OH is 1. The highest BCUT2D eigenvalue weighted by Crippen LogP contribution is 2.18. The van der Waals surface area contributed by atoms with Gasteiger partial charge in [-0.2, -0.15) is 0 Å². The molecule has 0 saturated carbocycles. The Balaban J connectivity index is 2.05. The van der Waals surface area contributed by atoms with Crippen LogP contribution in [0.5, 0.6) is 0 Å². The van der Waals surface area contributed by atoms with Gasteiger partial charge in [0.2, 0.25) is 0 Å². The highest BCUT2D eigenvalue weighted by atomic mass is 35.5. The fourth-order valence-corrected chi connectivity index (χ4v) is 2.20. The molecule has 0 fully saturated rings. The van der Waals surface area contributed by atoms with Crippen LogP contribution < -0.4 is 0 Å². The molecule has 0 saturated heterocycles. The molecule has 1 unspecified atom stereocenters. The molecule has 2 rings (SSSR count). The zero-order valence-corrected chi connectivity index (χ0v) is 10.9. The smallest absolute Gasteiger partial charge is 0.126 e. The van der Waals surface area contributed by atoms with Crippen molar-refractivity contribution in [2.75, 3.05) is 0 Å². The van der Waals surface area contributed by atoms with Gasteiger partial charge in [-0.15, -0.1) is 0 Å². The summed E-state index contributed by atoms with van der Waals surface area (Å²) in [6.07, 6.45) is -0.210. The fraction of sp³-hybridized carbons (Fsp3) is 0.200. The van der Waals surface area contributed by atoms with E-state index in [4.69, 9.17) is 11.6 Å². The highest BCUT2D eigenvalue weighted by molar-refractivity contribution is 6.31. The second-order valence-electron chi connectivity index (χ2n) is 4.43. The zero-order valence-electron chi connectivity index (χ0n) is 10.1. The number of halogens is 3. The van der Waals surface area contributed by atoms with Gasteiger partial charge in [-0.25, -0.2) is 8.78 Å². The van der Waals surface area contributed by atoms with Crippen LogP contribution in [0, 0.1) is 11.6 Å². The lowest BCUT2D eigenvalue weighted by atomic mass is 10.0. The molecule has 0 spiro atoms. The van der Waals surface area contributed by atoms with Crippen LogP contribution in [0.2, 0.25) is 5.02 Å². The third-order valence-corrected chi connectivity index (χ3v) is 3.18. The van der Waals surface area contributed by atoms with Crippen molar-refractivity contribution < 1.29 is 13.9 Å². The number of rotatable bonds is 4. The maximum atomic E-state index is 13.0. The topological polar surface area (TPSA) is 20.2 Å². The molecule has 0 amide bonds. The maximum absolute atomic E-state index is 13.0. The van der Waals surface area contributed by atoms with Crippen molar-refractivity contribution in [1.82, 2.24) is 0 Å². The molecule has 4 heteroatoms. The summed E-state index contributed by atoms with van der Waals surface area (Å²) < 4.78 is 26.1. The summed E-state index contributed by atoms with van der Waals surface area (Å²) in [6.45, 7) is 0. The van der Waals surface area contributed by atoms with Gasteiger partial charge in [0.15, 0.2) is 0 Å². The lowest BCUT2D eigenvalue weighted by molar-refractivity contribution is 0.175. The second-order valence-corrected chi connectivity index (χ2v) is 4.84.